The van der Waals surface area contributed by atoms with E-state index in [9.17, 15) is 0 Å². The average molecular weight is 352 g/mol. The number of thioether (sulfide) groups is 1. The standard InChI is InChI=1S/C19H33N3OS/c1-4-20-19(21-12-8-9-13-24-3)22-14-17(2)15-23-16-18-10-6-5-7-11-18/h5-7,10-11,17H,4,8-9,12-16H2,1-3H3,(H2,20,21,22). The van der Waals surface area contributed by atoms with E-state index in [4.69, 9.17) is 4.74 Å². The van der Waals surface area contributed by atoms with Crippen molar-refractivity contribution in [2.24, 2.45) is 10.9 Å². The molecule has 1 unspecified atom stereocenters. The van der Waals surface area contributed by atoms with Gasteiger partial charge in [-0.3, -0.25) is 4.99 Å². The summed E-state index contributed by atoms with van der Waals surface area (Å²) in [6.45, 7) is 8.30. The second kappa shape index (κ2) is 14.2. The molecule has 1 rings (SSSR count). The fraction of sp³-hybridized carbons (Fsp3) is 0.632. The van der Waals surface area contributed by atoms with Crippen molar-refractivity contribution in [1.29, 1.82) is 0 Å². The zero-order chi connectivity index (χ0) is 17.5. The van der Waals surface area contributed by atoms with Crippen LogP contribution in [0.5, 0.6) is 0 Å². The van der Waals surface area contributed by atoms with Crippen molar-refractivity contribution in [3.05, 3.63) is 35.9 Å². The van der Waals surface area contributed by atoms with Gasteiger partial charge in [-0.15, -0.1) is 0 Å². The lowest BCUT2D eigenvalue weighted by Gasteiger charge is -2.14. The maximum Gasteiger partial charge on any atom is 0.191 e. The predicted molar refractivity (Wildman–Crippen MR) is 107 cm³/mol. The Hall–Kier alpha value is -1.20. The molecule has 0 aliphatic rings. The van der Waals surface area contributed by atoms with Crippen molar-refractivity contribution in [2.75, 3.05) is 38.2 Å². The maximum atomic E-state index is 5.79. The molecule has 0 fully saturated rings. The SMILES string of the molecule is CCNC(=NCC(C)COCc1ccccc1)NCCCCSC. The van der Waals surface area contributed by atoms with Crippen molar-refractivity contribution in [2.45, 2.75) is 33.3 Å². The third-order valence-electron chi connectivity index (χ3n) is 3.49. The zero-order valence-corrected chi connectivity index (χ0v) is 16.2. The maximum absolute atomic E-state index is 5.79. The molecule has 1 atom stereocenters. The summed E-state index contributed by atoms with van der Waals surface area (Å²) in [6, 6.07) is 10.3. The summed E-state index contributed by atoms with van der Waals surface area (Å²) in [6.07, 6.45) is 4.58. The second-order valence-electron chi connectivity index (χ2n) is 5.95. The molecule has 0 radical (unpaired) electrons. The van der Waals surface area contributed by atoms with Crippen molar-refractivity contribution in [3.8, 4) is 0 Å². The van der Waals surface area contributed by atoms with Crippen LogP contribution in [0.2, 0.25) is 0 Å². The highest BCUT2D eigenvalue weighted by Gasteiger charge is 2.03. The number of benzene rings is 1. The number of hydrogen-bond acceptors (Lipinski definition) is 3. The molecule has 0 aromatic heterocycles. The number of ether oxygens (including phenoxy) is 1. The van der Waals surface area contributed by atoms with Crippen LogP contribution in [0.1, 0.15) is 32.3 Å². The van der Waals surface area contributed by atoms with E-state index >= 15 is 0 Å². The van der Waals surface area contributed by atoms with E-state index in [1.54, 1.807) is 0 Å². The van der Waals surface area contributed by atoms with Crippen molar-refractivity contribution >= 4 is 17.7 Å². The summed E-state index contributed by atoms with van der Waals surface area (Å²) < 4.78 is 5.79. The molecular weight excluding hydrogens is 318 g/mol. The Morgan fingerprint density at radius 2 is 2.00 bits per heavy atom. The van der Waals surface area contributed by atoms with Gasteiger partial charge in [0.25, 0.3) is 0 Å². The summed E-state index contributed by atoms with van der Waals surface area (Å²) in [4.78, 5) is 4.67. The minimum atomic E-state index is 0.403. The van der Waals surface area contributed by atoms with E-state index in [0.717, 1.165) is 32.2 Å². The van der Waals surface area contributed by atoms with Gasteiger partial charge in [0.15, 0.2) is 5.96 Å². The predicted octanol–water partition coefficient (Wildman–Crippen LogP) is 3.54. The molecule has 0 spiro atoms. The third kappa shape index (κ3) is 10.6. The monoisotopic (exact) mass is 351 g/mol. The average Bonchev–Trinajstić information content (AvgIpc) is 2.60. The smallest absolute Gasteiger partial charge is 0.191 e. The van der Waals surface area contributed by atoms with Crippen molar-refractivity contribution in [3.63, 3.8) is 0 Å². The van der Waals surface area contributed by atoms with Gasteiger partial charge in [0.2, 0.25) is 0 Å². The Bertz CT molecular complexity index is 439. The van der Waals surface area contributed by atoms with Gasteiger partial charge in [0.05, 0.1) is 13.2 Å². The minimum absolute atomic E-state index is 0.403. The molecular formula is C19H33N3OS. The first kappa shape index (κ1) is 20.8. The van der Waals surface area contributed by atoms with Crippen molar-refractivity contribution < 1.29 is 4.74 Å². The Morgan fingerprint density at radius 3 is 2.71 bits per heavy atom. The molecule has 0 aliphatic carbocycles. The van der Waals surface area contributed by atoms with Gasteiger partial charge < -0.3 is 15.4 Å². The molecule has 0 aliphatic heterocycles. The van der Waals surface area contributed by atoms with Crippen LogP contribution < -0.4 is 10.6 Å². The highest BCUT2D eigenvalue weighted by Crippen LogP contribution is 2.03. The molecule has 1 aromatic rings. The summed E-state index contributed by atoms with van der Waals surface area (Å²) >= 11 is 1.90. The molecule has 1 aromatic carbocycles. The Balaban J connectivity index is 2.22. The lowest BCUT2D eigenvalue weighted by atomic mass is 10.2. The van der Waals surface area contributed by atoms with Crippen LogP contribution in [-0.4, -0.2) is 44.2 Å². The highest BCUT2D eigenvalue weighted by atomic mass is 32.2. The van der Waals surface area contributed by atoms with Gasteiger partial charge in [-0.2, -0.15) is 11.8 Å². The quantitative estimate of drug-likeness (QED) is 0.343. The molecule has 5 heteroatoms. The molecule has 2 N–H and O–H groups in total. The molecule has 136 valence electrons. The molecule has 0 saturated carbocycles. The van der Waals surface area contributed by atoms with Crippen LogP contribution in [0.15, 0.2) is 35.3 Å². The molecule has 4 nitrogen and oxygen atoms in total. The van der Waals surface area contributed by atoms with Crippen LogP contribution in [0.3, 0.4) is 0 Å². The van der Waals surface area contributed by atoms with Crippen LogP contribution in [-0.2, 0) is 11.3 Å². The first-order chi connectivity index (χ1) is 11.8. The molecule has 0 amide bonds. The highest BCUT2D eigenvalue weighted by molar-refractivity contribution is 7.98. The van der Waals surface area contributed by atoms with Gasteiger partial charge in [0, 0.05) is 19.6 Å². The second-order valence-corrected chi connectivity index (χ2v) is 6.94. The Morgan fingerprint density at radius 1 is 1.21 bits per heavy atom. The molecule has 24 heavy (non-hydrogen) atoms. The van der Waals surface area contributed by atoms with Gasteiger partial charge in [-0.1, -0.05) is 37.3 Å². The normalized spacial score (nSPS) is 12.9. The van der Waals surface area contributed by atoms with E-state index in [2.05, 4.69) is 47.9 Å². The van der Waals surface area contributed by atoms with Gasteiger partial charge >= 0.3 is 0 Å². The number of unbranched alkanes of at least 4 members (excludes halogenated alkanes) is 1. The number of guanidine groups is 1. The van der Waals surface area contributed by atoms with E-state index in [-0.39, 0.29) is 0 Å². The minimum Gasteiger partial charge on any atom is -0.376 e. The van der Waals surface area contributed by atoms with Gasteiger partial charge in [-0.25, -0.2) is 0 Å². The summed E-state index contributed by atoms with van der Waals surface area (Å²) in [5.41, 5.74) is 1.22. The van der Waals surface area contributed by atoms with Crippen LogP contribution in [0, 0.1) is 5.92 Å². The van der Waals surface area contributed by atoms with E-state index in [1.165, 1.54) is 24.2 Å². The fourth-order valence-corrected chi connectivity index (χ4v) is 2.66. The van der Waals surface area contributed by atoms with Crippen LogP contribution >= 0.6 is 11.8 Å². The largest absolute Gasteiger partial charge is 0.376 e. The zero-order valence-electron chi connectivity index (χ0n) is 15.4. The number of rotatable bonds is 12. The summed E-state index contributed by atoms with van der Waals surface area (Å²) in [7, 11) is 0. The van der Waals surface area contributed by atoms with Gasteiger partial charge in [0.1, 0.15) is 0 Å². The summed E-state index contributed by atoms with van der Waals surface area (Å²) in [5, 5.41) is 6.71. The van der Waals surface area contributed by atoms with Crippen molar-refractivity contribution in [1.82, 2.24) is 10.6 Å². The first-order valence-electron chi connectivity index (χ1n) is 8.89. The van der Waals surface area contributed by atoms with Gasteiger partial charge in [-0.05, 0) is 43.3 Å². The number of nitrogens with zero attached hydrogens (tertiary/aromatic N) is 1. The number of aliphatic imine (C=N–C) groups is 1. The van der Waals surface area contributed by atoms with E-state index < -0.39 is 0 Å². The van der Waals surface area contributed by atoms with Crippen LogP contribution in [0.25, 0.3) is 0 Å². The number of hydrogen-bond donors (Lipinski definition) is 2. The lowest BCUT2D eigenvalue weighted by Crippen LogP contribution is -2.38. The Kier molecular flexibility index (Phi) is 12.3. The summed E-state index contributed by atoms with van der Waals surface area (Å²) in [5.74, 6) is 2.54. The van der Waals surface area contributed by atoms with E-state index in [1.807, 2.05) is 30.0 Å². The van der Waals surface area contributed by atoms with Crippen LogP contribution in [0.4, 0.5) is 0 Å². The molecule has 0 bridgehead atoms. The topological polar surface area (TPSA) is 45.7 Å². The molecule has 0 heterocycles. The fourth-order valence-electron chi connectivity index (χ4n) is 2.17. The first-order valence-corrected chi connectivity index (χ1v) is 10.3. The number of nitrogens with one attached hydrogen (secondary N) is 2. The Labute approximate surface area is 151 Å². The van der Waals surface area contributed by atoms with E-state index in [0.29, 0.717) is 12.5 Å². The molecule has 0 saturated heterocycles. The lowest BCUT2D eigenvalue weighted by molar-refractivity contribution is 0.0945. The third-order valence-corrected chi connectivity index (χ3v) is 4.18.